The molecule has 0 aliphatic rings. The second-order valence-electron chi connectivity index (χ2n) is 4.75. The first-order valence-corrected chi connectivity index (χ1v) is 6.86. The molecule has 0 spiro atoms. The summed E-state index contributed by atoms with van der Waals surface area (Å²) in [6.45, 7) is 6.69. The number of rotatable bonds is 8. The highest BCUT2D eigenvalue weighted by Crippen LogP contribution is 2.13. The van der Waals surface area contributed by atoms with E-state index in [0.29, 0.717) is 12.6 Å². The van der Waals surface area contributed by atoms with Gasteiger partial charge in [0, 0.05) is 24.0 Å². The molecule has 0 saturated heterocycles. The van der Waals surface area contributed by atoms with Gasteiger partial charge in [-0.3, -0.25) is 0 Å². The number of hydrogen-bond donors (Lipinski definition) is 1. The van der Waals surface area contributed by atoms with Crippen LogP contribution in [-0.2, 0) is 6.54 Å². The summed E-state index contributed by atoms with van der Waals surface area (Å²) in [6.07, 6.45) is 8.02. The van der Waals surface area contributed by atoms with E-state index in [1.807, 2.05) is 6.92 Å². The van der Waals surface area contributed by atoms with Crippen molar-refractivity contribution in [3.8, 4) is 6.01 Å². The van der Waals surface area contributed by atoms with E-state index in [1.165, 1.54) is 25.7 Å². The van der Waals surface area contributed by atoms with Gasteiger partial charge in [-0.1, -0.05) is 26.2 Å². The molecule has 1 heterocycles. The minimum absolute atomic E-state index is 0.171. The molecule has 2 N–H and O–H groups in total. The van der Waals surface area contributed by atoms with Crippen molar-refractivity contribution in [3.63, 3.8) is 0 Å². The molecule has 102 valence electrons. The van der Waals surface area contributed by atoms with Crippen molar-refractivity contribution < 1.29 is 4.74 Å². The van der Waals surface area contributed by atoms with Gasteiger partial charge in [0.15, 0.2) is 0 Å². The average Bonchev–Trinajstić information content (AvgIpc) is 2.35. The first kappa shape index (κ1) is 14.9. The van der Waals surface area contributed by atoms with Gasteiger partial charge in [0.2, 0.25) is 0 Å². The normalized spacial score (nSPS) is 12.4. The summed E-state index contributed by atoms with van der Waals surface area (Å²) >= 11 is 0. The predicted octanol–water partition coefficient (Wildman–Crippen LogP) is 2.98. The van der Waals surface area contributed by atoms with Gasteiger partial charge >= 0.3 is 6.01 Å². The second kappa shape index (κ2) is 8.03. The molecule has 0 fully saturated rings. The van der Waals surface area contributed by atoms with Gasteiger partial charge in [-0.05, 0) is 26.7 Å². The average molecular weight is 251 g/mol. The lowest BCUT2D eigenvalue weighted by Crippen LogP contribution is -2.14. The fourth-order valence-corrected chi connectivity index (χ4v) is 1.83. The summed E-state index contributed by atoms with van der Waals surface area (Å²) in [4.78, 5) is 8.50. The van der Waals surface area contributed by atoms with Crippen LogP contribution < -0.4 is 10.5 Å². The molecule has 1 rings (SSSR count). The van der Waals surface area contributed by atoms with Gasteiger partial charge in [-0.2, -0.15) is 0 Å². The van der Waals surface area contributed by atoms with Crippen LogP contribution in [0, 0.1) is 6.92 Å². The fourth-order valence-electron chi connectivity index (χ4n) is 1.83. The molecule has 0 radical (unpaired) electrons. The zero-order valence-electron chi connectivity index (χ0n) is 11.8. The zero-order valence-corrected chi connectivity index (χ0v) is 11.8. The first-order valence-electron chi connectivity index (χ1n) is 6.86. The quantitative estimate of drug-likeness (QED) is 0.721. The molecule has 0 aromatic carbocycles. The Balaban J connectivity index is 2.39. The van der Waals surface area contributed by atoms with Gasteiger partial charge in [0.1, 0.15) is 0 Å². The molecule has 1 unspecified atom stereocenters. The molecular weight excluding hydrogens is 226 g/mol. The second-order valence-corrected chi connectivity index (χ2v) is 4.75. The molecule has 0 saturated carbocycles. The smallest absolute Gasteiger partial charge is 0.316 e. The van der Waals surface area contributed by atoms with Crippen molar-refractivity contribution in [3.05, 3.63) is 17.5 Å². The van der Waals surface area contributed by atoms with E-state index < -0.39 is 0 Å². The Morgan fingerprint density at radius 1 is 1.33 bits per heavy atom. The molecule has 1 aromatic rings. The summed E-state index contributed by atoms with van der Waals surface area (Å²) in [7, 11) is 0. The number of nitrogens with two attached hydrogens (primary N) is 1. The molecule has 0 amide bonds. The Morgan fingerprint density at radius 3 is 2.72 bits per heavy atom. The van der Waals surface area contributed by atoms with E-state index in [2.05, 4.69) is 23.8 Å². The predicted molar refractivity (Wildman–Crippen MR) is 73.5 cm³/mol. The molecule has 1 aromatic heterocycles. The van der Waals surface area contributed by atoms with Gasteiger partial charge in [0.25, 0.3) is 0 Å². The molecule has 4 nitrogen and oxygen atoms in total. The minimum Gasteiger partial charge on any atom is -0.460 e. The third kappa shape index (κ3) is 5.00. The maximum atomic E-state index is 5.71. The van der Waals surface area contributed by atoms with Crippen LogP contribution in [0.1, 0.15) is 57.2 Å². The summed E-state index contributed by atoms with van der Waals surface area (Å²) in [5.74, 6) is 0. The van der Waals surface area contributed by atoms with Gasteiger partial charge < -0.3 is 10.5 Å². The fraction of sp³-hybridized carbons (Fsp3) is 0.714. The Kier molecular flexibility index (Phi) is 6.65. The Bertz CT molecular complexity index is 355. The third-order valence-corrected chi connectivity index (χ3v) is 3.05. The van der Waals surface area contributed by atoms with Crippen LogP contribution in [-0.4, -0.2) is 16.1 Å². The Hall–Kier alpha value is -1.16. The zero-order chi connectivity index (χ0) is 13.4. The largest absolute Gasteiger partial charge is 0.460 e. The molecule has 0 aliphatic heterocycles. The number of nitrogens with zero attached hydrogens (tertiary/aromatic N) is 2. The van der Waals surface area contributed by atoms with Crippen LogP contribution in [0.3, 0.4) is 0 Å². The summed E-state index contributed by atoms with van der Waals surface area (Å²) < 4.78 is 5.71. The van der Waals surface area contributed by atoms with Gasteiger partial charge in [-0.25, -0.2) is 9.97 Å². The van der Waals surface area contributed by atoms with Crippen LogP contribution in [0.5, 0.6) is 6.01 Å². The number of aryl methyl sites for hydroxylation is 1. The lowest BCUT2D eigenvalue weighted by molar-refractivity contribution is 0.189. The molecule has 0 aliphatic carbocycles. The van der Waals surface area contributed by atoms with Gasteiger partial charge in [0.05, 0.1) is 6.10 Å². The van der Waals surface area contributed by atoms with E-state index >= 15 is 0 Å². The van der Waals surface area contributed by atoms with Crippen molar-refractivity contribution in [1.82, 2.24) is 9.97 Å². The van der Waals surface area contributed by atoms with Crippen molar-refractivity contribution in [2.45, 2.75) is 65.5 Å². The van der Waals surface area contributed by atoms with Crippen molar-refractivity contribution >= 4 is 0 Å². The highest BCUT2D eigenvalue weighted by Gasteiger charge is 2.07. The number of hydrogen-bond acceptors (Lipinski definition) is 4. The van der Waals surface area contributed by atoms with E-state index in [-0.39, 0.29) is 6.10 Å². The molecular formula is C14H25N3O. The van der Waals surface area contributed by atoms with Crippen LogP contribution >= 0.6 is 0 Å². The summed E-state index contributed by atoms with van der Waals surface area (Å²) in [6, 6.07) is 0.465. The number of ether oxygens (including phenoxy) is 1. The number of aromatic nitrogens is 2. The highest BCUT2D eigenvalue weighted by atomic mass is 16.5. The van der Waals surface area contributed by atoms with Crippen LogP contribution in [0.4, 0.5) is 0 Å². The topological polar surface area (TPSA) is 61.0 Å². The molecule has 4 heteroatoms. The van der Waals surface area contributed by atoms with Crippen molar-refractivity contribution in [2.24, 2.45) is 5.73 Å². The van der Waals surface area contributed by atoms with Crippen molar-refractivity contribution in [2.75, 3.05) is 0 Å². The Morgan fingerprint density at radius 2 is 2.11 bits per heavy atom. The standard InChI is InChI=1S/C14H25N3O/c1-4-5-6-7-8-11(2)18-14-16-10-13(9-15)12(3)17-14/h10-11H,4-9,15H2,1-3H3. The number of unbranched alkanes of at least 4 members (excludes halogenated alkanes) is 3. The molecule has 18 heavy (non-hydrogen) atoms. The van der Waals surface area contributed by atoms with Crippen LogP contribution in [0.2, 0.25) is 0 Å². The molecule has 0 bridgehead atoms. The van der Waals surface area contributed by atoms with E-state index in [0.717, 1.165) is 17.7 Å². The lowest BCUT2D eigenvalue weighted by atomic mass is 10.1. The van der Waals surface area contributed by atoms with Gasteiger partial charge in [-0.15, -0.1) is 0 Å². The SMILES string of the molecule is CCCCCCC(C)Oc1ncc(CN)c(C)n1. The van der Waals surface area contributed by atoms with E-state index in [9.17, 15) is 0 Å². The maximum absolute atomic E-state index is 5.71. The summed E-state index contributed by atoms with van der Waals surface area (Å²) in [5.41, 5.74) is 7.45. The van der Waals surface area contributed by atoms with Crippen LogP contribution in [0.25, 0.3) is 0 Å². The summed E-state index contributed by atoms with van der Waals surface area (Å²) in [5, 5.41) is 0. The minimum atomic E-state index is 0.171. The van der Waals surface area contributed by atoms with E-state index in [4.69, 9.17) is 10.5 Å². The van der Waals surface area contributed by atoms with Crippen molar-refractivity contribution in [1.29, 1.82) is 0 Å². The maximum Gasteiger partial charge on any atom is 0.316 e. The highest BCUT2D eigenvalue weighted by molar-refractivity contribution is 5.17. The lowest BCUT2D eigenvalue weighted by Gasteiger charge is -2.13. The Labute approximate surface area is 110 Å². The monoisotopic (exact) mass is 251 g/mol. The van der Waals surface area contributed by atoms with E-state index in [1.54, 1.807) is 6.20 Å². The molecule has 1 atom stereocenters. The first-order chi connectivity index (χ1) is 8.67. The van der Waals surface area contributed by atoms with Crippen LogP contribution in [0.15, 0.2) is 6.20 Å². The third-order valence-electron chi connectivity index (χ3n) is 3.05.